The number of rotatable bonds is 1. The van der Waals surface area contributed by atoms with E-state index in [9.17, 15) is 0 Å². The summed E-state index contributed by atoms with van der Waals surface area (Å²) in [6.07, 6.45) is 3.61. The molecule has 12 heavy (non-hydrogen) atoms. The molecule has 62 valence electrons. The molecule has 0 unspecified atom stereocenters. The first-order valence-electron chi connectivity index (χ1n) is 3.90. The molecule has 0 aliphatic carbocycles. The second kappa shape index (κ2) is 3.35. The lowest BCUT2D eigenvalue weighted by atomic mass is 10.1. The van der Waals surface area contributed by atoms with Gasteiger partial charge in [-0.2, -0.15) is 0 Å². The predicted molar refractivity (Wildman–Crippen MR) is 53.0 cm³/mol. The van der Waals surface area contributed by atoms with Gasteiger partial charge in [0.1, 0.15) is 0 Å². The first-order valence-corrected chi connectivity index (χ1v) is 3.90. The summed E-state index contributed by atoms with van der Waals surface area (Å²) in [7, 11) is 0. The third-order valence-electron chi connectivity index (χ3n) is 1.93. The Morgan fingerprint density at radius 3 is 2.75 bits per heavy atom. The largest absolute Gasteiger partial charge is 0.261 e. The molecule has 1 nitrogen and oxygen atoms in total. The third-order valence-corrected chi connectivity index (χ3v) is 1.93. The van der Waals surface area contributed by atoms with Gasteiger partial charge in [0.25, 0.3) is 0 Å². The Morgan fingerprint density at radius 1 is 1.58 bits per heavy atom. The zero-order valence-corrected chi connectivity index (χ0v) is 7.59. The lowest BCUT2D eigenvalue weighted by molar-refractivity contribution is 1.15. The molecule has 1 heterocycles. The summed E-state index contributed by atoms with van der Waals surface area (Å²) in [5.74, 6) is 0. The van der Waals surface area contributed by atoms with E-state index in [-0.39, 0.29) is 0 Å². The van der Waals surface area contributed by atoms with E-state index >= 15 is 0 Å². The number of aromatic nitrogens is 1. The van der Waals surface area contributed by atoms with Crippen LogP contribution < -0.4 is 10.4 Å². The van der Waals surface area contributed by atoms with Crippen LogP contribution in [0.25, 0.3) is 12.2 Å². The van der Waals surface area contributed by atoms with Gasteiger partial charge < -0.3 is 0 Å². The summed E-state index contributed by atoms with van der Waals surface area (Å²) in [4.78, 5) is 4.20. The van der Waals surface area contributed by atoms with Gasteiger partial charge in [-0.1, -0.05) is 19.2 Å². The topological polar surface area (TPSA) is 12.9 Å². The van der Waals surface area contributed by atoms with Gasteiger partial charge in [0, 0.05) is 17.1 Å². The van der Waals surface area contributed by atoms with Gasteiger partial charge in [0.2, 0.25) is 0 Å². The van der Waals surface area contributed by atoms with Crippen LogP contribution in [0.1, 0.15) is 12.6 Å². The normalized spacial score (nSPS) is 12.5. The molecule has 0 radical (unpaired) electrons. The lowest BCUT2D eigenvalue weighted by Gasteiger charge is -1.97. The second-order valence-corrected chi connectivity index (χ2v) is 2.82. The van der Waals surface area contributed by atoms with Crippen molar-refractivity contribution in [3.05, 3.63) is 41.0 Å². The van der Waals surface area contributed by atoms with Crippen LogP contribution in [0, 0.1) is 6.92 Å². The molecule has 0 N–H and O–H groups in total. The average Bonchev–Trinajstić information content (AvgIpc) is 2.03. The maximum atomic E-state index is 4.20. The van der Waals surface area contributed by atoms with Crippen LogP contribution in [0.15, 0.2) is 24.9 Å². The highest BCUT2D eigenvalue weighted by atomic mass is 14.6. The Hall–Kier alpha value is -1.37. The summed E-state index contributed by atoms with van der Waals surface area (Å²) in [5.41, 5.74) is 2.14. The van der Waals surface area contributed by atoms with Crippen molar-refractivity contribution in [1.82, 2.24) is 4.98 Å². The van der Waals surface area contributed by atoms with Crippen molar-refractivity contribution in [2.45, 2.75) is 13.8 Å². The number of hydrogen-bond acceptors (Lipinski definition) is 1. The standard InChI is InChI=1S/C11H13N/c1-5-8(2)11-9(3)6-7-12-10(11)4/h5-7H,1,3H2,2,4H3/b11-8-. The molecule has 0 saturated heterocycles. The van der Waals surface area contributed by atoms with Crippen LogP contribution in [-0.4, -0.2) is 4.98 Å². The molecule has 0 aromatic carbocycles. The highest BCUT2D eigenvalue weighted by molar-refractivity contribution is 5.53. The molecule has 1 rings (SSSR count). The molecule has 0 amide bonds. The minimum absolute atomic E-state index is 1.01. The van der Waals surface area contributed by atoms with E-state index in [2.05, 4.69) is 18.1 Å². The van der Waals surface area contributed by atoms with Crippen molar-refractivity contribution in [2.24, 2.45) is 0 Å². The number of nitrogens with zero attached hydrogens (tertiary/aromatic N) is 1. The Labute approximate surface area is 72.8 Å². The Balaban J connectivity index is 3.74. The van der Waals surface area contributed by atoms with Gasteiger partial charge in [-0.15, -0.1) is 0 Å². The van der Waals surface area contributed by atoms with Gasteiger partial charge in [0.15, 0.2) is 0 Å². The number of pyridine rings is 1. The van der Waals surface area contributed by atoms with E-state index in [0.717, 1.165) is 21.7 Å². The quantitative estimate of drug-likeness (QED) is 0.599. The molecule has 0 spiro atoms. The van der Waals surface area contributed by atoms with Crippen LogP contribution in [0.2, 0.25) is 0 Å². The monoisotopic (exact) mass is 159 g/mol. The fourth-order valence-corrected chi connectivity index (χ4v) is 1.26. The molecule has 0 aliphatic heterocycles. The van der Waals surface area contributed by atoms with Gasteiger partial charge in [-0.3, -0.25) is 4.98 Å². The van der Waals surface area contributed by atoms with E-state index in [0.29, 0.717) is 0 Å². The number of aryl methyl sites for hydroxylation is 1. The summed E-state index contributed by atoms with van der Waals surface area (Å²) >= 11 is 0. The van der Waals surface area contributed by atoms with Crippen LogP contribution in [-0.2, 0) is 0 Å². The van der Waals surface area contributed by atoms with Gasteiger partial charge in [-0.05, 0) is 30.7 Å². The van der Waals surface area contributed by atoms with Crippen molar-refractivity contribution < 1.29 is 0 Å². The van der Waals surface area contributed by atoms with Crippen LogP contribution in [0.5, 0.6) is 0 Å². The Bertz CT molecular complexity index is 402. The smallest absolute Gasteiger partial charge is 0.0453 e. The molecular weight excluding hydrogens is 146 g/mol. The fourth-order valence-electron chi connectivity index (χ4n) is 1.26. The van der Waals surface area contributed by atoms with E-state index in [1.807, 2.05) is 26.0 Å². The van der Waals surface area contributed by atoms with E-state index in [1.54, 1.807) is 6.20 Å². The number of allylic oxidation sites excluding steroid dienone is 1. The van der Waals surface area contributed by atoms with Crippen molar-refractivity contribution in [3.63, 3.8) is 0 Å². The van der Waals surface area contributed by atoms with Crippen LogP contribution >= 0.6 is 0 Å². The first-order chi connectivity index (χ1) is 5.66. The van der Waals surface area contributed by atoms with Crippen molar-refractivity contribution in [1.29, 1.82) is 0 Å². The minimum atomic E-state index is 1.01. The number of hydrogen-bond donors (Lipinski definition) is 0. The molecule has 0 saturated carbocycles. The predicted octanol–water partition coefficient (Wildman–Crippen LogP) is 1.16. The highest BCUT2D eigenvalue weighted by Gasteiger charge is 1.92. The summed E-state index contributed by atoms with van der Waals surface area (Å²) in [6, 6.07) is 1.91. The lowest BCUT2D eigenvalue weighted by Crippen LogP contribution is -2.28. The average molecular weight is 159 g/mol. The zero-order chi connectivity index (χ0) is 9.14. The summed E-state index contributed by atoms with van der Waals surface area (Å²) < 4.78 is 0. The van der Waals surface area contributed by atoms with Crippen molar-refractivity contribution in [2.75, 3.05) is 0 Å². The van der Waals surface area contributed by atoms with Crippen LogP contribution in [0.4, 0.5) is 0 Å². The van der Waals surface area contributed by atoms with Crippen LogP contribution in [0.3, 0.4) is 0 Å². The fraction of sp³-hybridized carbons (Fsp3) is 0.182. The Morgan fingerprint density at radius 2 is 2.25 bits per heavy atom. The minimum Gasteiger partial charge on any atom is -0.261 e. The zero-order valence-electron chi connectivity index (χ0n) is 7.59. The van der Waals surface area contributed by atoms with Gasteiger partial charge >= 0.3 is 0 Å². The summed E-state index contributed by atoms with van der Waals surface area (Å²) in [6.45, 7) is 11.7. The highest BCUT2D eigenvalue weighted by Crippen LogP contribution is 1.89. The van der Waals surface area contributed by atoms with Gasteiger partial charge in [-0.25, -0.2) is 0 Å². The van der Waals surface area contributed by atoms with E-state index < -0.39 is 0 Å². The molecule has 0 bridgehead atoms. The van der Waals surface area contributed by atoms with Crippen molar-refractivity contribution in [3.8, 4) is 0 Å². The molecular formula is C11H13N. The molecule has 1 aromatic heterocycles. The molecule has 0 aliphatic rings. The van der Waals surface area contributed by atoms with E-state index in [1.165, 1.54) is 0 Å². The SMILES string of the molecule is C=C/C(C)=c1\c(C)nccc1=C. The second-order valence-electron chi connectivity index (χ2n) is 2.82. The molecule has 0 atom stereocenters. The molecule has 1 heteroatoms. The first kappa shape index (κ1) is 8.72. The summed E-state index contributed by atoms with van der Waals surface area (Å²) in [5, 5.41) is 2.13. The van der Waals surface area contributed by atoms with Gasteiger partial charge in [0.05, 0.1) is 0 Å². The van der Waals surface area contributed by atoms with Crippen molar-refractivity contribution >= 4 is 12.2 Å². The molecule has 1 aromatic rings. The molecule has 0 fully saturated rings. The third kappa shape index (κ3) is 1.45. The van der Waals surface area contributed by atoms with E-state index in [4.69, 9.17) is 0 Å². The maximum Gasteiger partial charge on any atom is 0.0453 e. The maximum absolute atomic E-state index is 4.20. The Kier molecular flexibility index (Phi) is 2.44.